The van der Waals surface area contributed by atoms with E-state index in [1.807, 2.05) is 6.07 Å². The van der Waals surface area contributed by atoms with Crippen molar-refractivity contribution < 1.29 is 19.7 Å². The first-order valence-electron chi connectivity index (χ1n) is 8.82. The molecule has 2 bridgehead atoms. The number of anilines is 1. The van der Waals surface area contributed by atoms with Crippen molar-refractivity contribution in [1.82, 2.24) is 9.55 Å². The highest BCUT2D eigenvalue weighted by Gasteiger charge is 2.59. The fraction of sp³-hybridized carbons (Fsp3) is 0.421. The summed E-state index contributed by atoms with van der Waals surface area (Å²) in [6.45, 7) is 1.82. The van der Waals surface area contributed by atoms with Gasteiger partial charge < -0.3 is 20.3 Å². The van der Waals surface area contributed by atoms with Crippen LogP contribution in [0.1, 0.15) is 28.4 Å². The molecule has 142 valence electrons. The molecule has 2 fully saturated rings. The van der Waals surface area contributed by atoms with Crippen LogP contribution in [0.25, 0.3) is 0 Å². The Kier molecular flexibility index (Phi) is 4.33. The first kappa shape index (κ1) is 17.8. The molecule has 27 heavy (non-hydrogen) atoms. The largest absolute Gasteiger partial charge is 0.396 e. The van der Waals surface area contributed by atoms with Crippen LogP contribution in [0.2, 0.25) is 0 Å². The molecule has 1 aromatic carbocycles. The van der Waals surface area contributed by atoms with Gasteiger partial charge in [0.25, 0.3) is 5.91 Å². The van der Waals surface area contributed by atoms with Crippen molar-refractivity contribution >= 4 is 11.7 Å². The van der Waals surface area contributed by atoms with Crippen LogP contribution in [0.15, 0.2) is 41.3 Å². The second-order valence-electron chi connectivity index (χ2n) is 7.29. The molecule has 8 heteroatoms. The van der Waals surface area contributed by atoms with Crippen LogP contribution >= 0.6 is 0 Å². The van der Waals surface area contributed by atoms with Gasteiger partial charge in [-0.15, -0.1) is 0 Å². The number of carbonyl (C=O) groups excluding carboxylic acids is 1. The Balaban J connectivity index is 1.60. The first-order valence-corrected chi connectivity index (χ1v) is 8.82. The molecule has 1 unspecified atom stereocenters. The van der Waals surface area contributed by atoms with Gasteiger partial charge in [0, 0.05) is 22.7 Å². The minimum Gasteiger partial charge on any atom is -0.396 e. The van der Waals surface area contributed by atoms with Gasteiger partial charge in [-0.1, -0.05) is 18.2 Å². The normalized spacial score (nSPS) is 29.1. The summed E-state index contributed by atoms with van der Waals surface area (Å²) in [5.41, 5.74) is -0.180. The summed E-state index contributed by atoms with van der Waals surface area (Å²) in [5.74, 6) is -0.145. The van der Waals surface area contributed by atoms with Crippen molar-refractivity contribution in [2.24, 2.45) is 5.41 Å². The number of aryl methyl sites for hydroxylation is 1. The van der Waals surface area contributed by atoms with Gasteiger partial charge >= 0.3 is 5.69 Å². The number of aliphatic hydroxyl groups excluding tert-OH is 2. The van der Waals surface area contributed by atoms with Crippen LogP contribution in [-0.4, -0.2) is 51.1 Å². The van der Waals surface area contributed by atoms with Crippen molar-refractivity contribution in [2.45, 2.75) is 31.6 Å². The van der Waals surface area contributed by atoms with Crippen LogP contribution in [0.3, 0.4) is 0 Å². The number of nitrogens with zero attached hydrogens (tertiary/aromatic N) is 2. The second-order valence-corrected chi connectivity index (χ2v) is 7.29. The molecule has 1 saturated carbocycles. The number of amides is 1. The monoisotopic (exact) mass is 371 g/mol. The summed E-state index contributed by atoms with van der Waals surface area (Å²) in [5, 5.41) is 22.7. The van der Waals surface area contributed by atoms with Crippen molar-refractivity contribution in [3.8, 4) is 0 Å². The molecule has 2 aliphatic rings. The van der Waals surface area contributed by atoms with Gasteiger partial charge in [0.15, 0.2) is 0 Å². The zero-order chi connectivity index (χ0) is 19.2. The first-order chi connectivity index (χ1) is 12.9. The van der Waals surface area contributed by atoms with E-state index < -0.39 is 29.4 Å². The molecule has 4 atom stereocenters. The molecule has 2 heterocycles. The Morgan fingerprint density at radius 2 is 2.15 bits per heavy atom. The molecular weight excluding hydrogens is 350 g/mol. The minimum atomic E-state index is -0.822. The van der Waals surface area contributed by atoms with E-state index in [0.717, 1.165) is 0 Å². The van der Waals surface area contributed by atoms with Gasteiger partial charge in [-0.05, 0) is 25.5 Å². The van der Waals surface area contributed by atoms with Crippen LogP contribution in [0.5, 0.6) is 0 Å². The maximum atomic E-state index is 12.6. The smallest absolute Gasteiger partial charge is 0.349 e. The van der Waals surface area contributed by atoms with Crippen LogP contribution in [0.4, 0.5) is 5.82 Å². The molecule has 1 amide bonds. The highest BCUT2D eigenvalue weighted by Crippen LogP contribution is 2.51. The van der Waals surface area contributed by atoms with Gasteiger partial charge in [0.2, 0.25) is 0 Å². The third-order valence-electron chi connectivity index (χ3n) is 5.57. The fourth-order valence-electron chi connectivity index (χ4n) is 3.98. The molecule has 8 nitrogen and oxygen atoms in total. The molecule has 2 aromatic rings. The fourth-order valence-corrected chi connectivity index (χ4v) is 3.98. The van der Waals surface area contributed by atoms with E-state index in [-0.39, 0.29) is 24.9 Å². The van der Waals surface area contributed by atoms with E-state index in [0.29, 0.717) is 17.5 Å². The summed E-state index contributed by atoms with van der Waals surface area (Å²) in [7, 11) is 0. The van der Waals surface area contributed by atoms with E-state index >= 15 is 0 Å². The van der Waals surface area contributed by atoms with Crippen LogP contribution in [-0.2, 0) is 4.74 Å². The zero-order valence-corrected chi connectivity index (χ0v) is 14.8. The van der Waals surface area contributed by atoms with Gasteiger partial charge in [-0.3, -0.25) is 9.36 Å². The average molecular weight is 371 g/mol. The molecule has 1 aliphatic heterocycles. The third kappa shape index (κ3) is 2.86. The van der Waals surface area contributed by atoms with E-state index in [4.69, 9.17) is 4.74 Å². The lowest BCUT2D eigenvalue weighted by Crippen LogP contribution is -2.36. The number of hydrogen-bond acceptors (Lipinski definition) is 6. The van der Waals surface area contributed by atoms with Crippen molar-refractivity contribution in [3.05, 3.63) is 58.1 Å². The number of benzene rings is 1. The molecule has 3 N–H and O–H groups in total. The number of rotatable bonds is 4. The predicted molar refractivity (Wildman–Crippen MR) is 96.5 cm³/mol. The molecule has 4 rings (SSSR count). The van der Waals surface area contributed by atoms with Crippen LogP contribution < -0.4 is 11.0 Å². The molecular formula is C19H21N3O5. The van der Waals surface area contributed by atoms with Gasteiger partial charge in [-0.2, -0.15) is 4.98 Å². The lowest BCUT2D eigenvalue weighted by Gasteiger charge is -2.28. The van der Waals surface area contributed by atoms with Crippen molar-refractivity contribution in [1.29, 1.82) is 0 Å². The SMILES string of the molecule is Cc1cn([C@@H]2C[C@@]3(CO)COC2[C@H]3O)c(=O)nc1NC(=O)c1ccccc1. The number of carbonyl (C=O) groups is 1. The number of ether oxygens (including phenoxy) is 1. The maximum Gasteiger partial charge on any atom is 0.349 e. The Morgan fingerprint density at radius 3 is 2.81 bits per heavy atom. The van der Waals surface area contributed by atoms with Gasteiger partial charge in [0.1, 0.15) is 11.9 Å². The topological polar surface area (TPSA) is 114 Å². The highest BCUT2D eigenvalue weighted by atomic mass is 16.5. The molecule has 1 aromatic heterocycles. The zero-order valence-electron chi connectivity index (χ0n) is 14.8. The Hall–Kier alpha value is -2.55. The Bertz CT molecular complexity index is 929. The van der Waals surface area contributed by atoms with Crippen molar-refractivity contribution in [2.75, 3.05) is 18.5 Å². The van der Waals surface area contributed by atoms with E-state index in [1.54, 1.807) is 37.4 Å². The summed E-state index contributed by atoms with van der Waals surface area (Å²) in [6.07, 6.45) is 0.673. The second kappa shape index (κ2) is 6.56. The Labute approximate surface area is 155 Å². The standard InChI is InChI=1S/C19H21N3O5/c1-11-8-22(13-7-19(9-23)10-27-14(13)15(19)24)18(26)21-16(11)20-17(25)12-5-3-2-4-6-12/h2-6,8,13-15,23-24H,7,9-10H2,1H3,(H,20,21,25,26)/t13-,14?,15-,19-/m1/s1. The predicted octanol–water partition coefficient (Wildman–Crippen LogP) is 0.487. The number of fused-ring (bicyclic) bond motifs is 2. The molecule has 1 saturated heterocycles. The van der Waals surface area contributed by atoms with Gasteiger partial charge in [0.05, 0.1) is 25.4 Å². The minimum absolute atomic E-state index is 0.201. The highest BCUT2D eigenvalue weighted by molar-refractivity contribution is 6.03. The summed E-state index contributed by atoms with van der Waals surface area (Å²) < 4.78 is 7.03. The van der Waals surface area contributed by atoms with E-state index in [1.165, 1.54) is 4.57 Å². The van der Waals surface area contributed by atoms with E-state index in [2.05, 4.69) is 10.3 Å². The quantitative estimate of drug-likeness (QED) is 0.721. The van der Waals surface area contributed by atoms with Crippen molar-refractivity contribution in [3.63, 3.8) is 0 Å². The summed E-state index contributed by atoms with van der Waals surface area (Å²) in [4.78, 5) is 28.9. The number of aliphatic hydroxyl groups is 2. The lowest BCUT2D eigenvalue weighted by atomic mass is 9.87. The Morgan fingerprint density at radius 1 is 1.41 bits per heavy atom. The average Bonchev–Trinajstić information content (AvgIpc) is 3.15. The lowest BCUT2D eigenvalue weighted by molar-refractivity contribution is -0.00374. The summed E-state index contributed by atoms with van der Waals surface area (Å²) in [6, 6.07) is 8.27. The molecule has 1 aliphatic carbocycles. The third-order valence-corrected chi connectivity index (χ3v) is 5.57. The number of nitrogens with one attached hydrogen (secondary N) is 1. The maximum absolute atomic E-state index is 12.6. The number of aromatic nitrogens is 2. The molecule has 0 radical (unpaired) electrons. The van der Waals surface area contributed by atoms with Gasteiger partial charge in [-0.25, -0.2) is 4.79 Å². The molecule has 0 spiro atoms. The summed E-state index contributed by atoms with van der Waals surface area (Å²) >= 11 is 0. The van der Waals surface area contributed by atoms with Crippen LogP contribution in [0, 0.1) is 12.3 Å². The number of hydrogen-bond donors (Lipinski definition) is 3. The van der Waals surface area contributed by atoms with E-state index in [9.17, 15) is 19.8 Å².